The quantitative estimate of drug-likeness (QED) is 0.669. The van der Waals surface area contributed by atoms with Gasteiger partial charge in [-0.3, -0.25) is 4.79 Å². The Balaban J connectivity index is 2.03. The molecule has 1 aromatic rings. The molecule has 0 unspecified atom stereocenters. The molecule has 3 nitrogen and oxygen atoms in total. The summed E-state index contributed by atoms with van der Waals surface area (Å²) in [5, 5.41) is 0. The van der Waals surface area contributed by atoms with Crippen molar-refractivity contribution in [1.82, 2.24) is 0 Å². The van der Waals surface area contributed by atoms with E-state index in [1.807, 2.05) is 25.1 Å². The molecule has 1 spiro atoms. The summed E-state index contributed by atoms with van der Waals surface area (Å²) in [7, 11) is 0. The topological polar surface area (TPSA) is 35.5 Å². The van der Waals surface area contributed by atoms with Crippen molar-refractivity contribution >= 4 is 5.78 Å². The molecule has 84 valence electrons. The van der Waals surface area contributed by atoms with Crippen molar-refractivity contribution in [2.75, 3.05) is 13.2 Å². The number of aryl methyl sites for hydroxylation is 1. The molecule has 0 saturated carbocycles. The molecule has 0 radical (unpaired) electrons. The SMILES string of the molecule is Cc1ccc2c(c1)O[C@]1(CCOC1)CC2=O. The molecule has 16 heavy (non-hydrogen) atoms. The summed E-state index contributed by atoms with van der Waals surface area (Å²) in [4.78, 5) is 12.0. The summed E-state index contributed by atoms with van der Waals surface area (Å²) in [6, 6.07) is 5.74. The lowest BCUT2D eigenvalue weighted by molar-refractivity contribution is 0.0305. The monoisotopic (exact) mass is 218 g/mol. The Morgan fingerprint density at radius 2 is 2.25 bits per heavy atom. The number of Topliss-reactive ketones (excluding diaryl/α,β-unsaturated/α-hetero) is 1. The smallest absolute Gasteiger partial charge is 0.170 e. The first-order valence-electron chi connectivity index (χ1n) is 5.59. The molecule has 2 heterocycles. The van der Waals surface area contributed by atoms with E-state index in [0.29, 0.717) is 25.2 Å². The maximum atomic E-state index is 12.0. The third kappa shape index (κ3) is 1.43. The largest absolute Gasteiger partial charge is 0.484 e. The van der Waals surface area contributed by atoms with Crippen molar-refractivity contribution in [3.63, 3.8) is 0 Å². The van der Waals surface area contributed by atoms with Crippen LogP contribution in [0, 0.1) is 6.92 Å². The van der Waals surface area contributed by atoms with Gasteiger partial charge in [-0.05, 0) is 24.6 Å². The van der Waals surface area contributed by atoms with Crippen LogP contribution in [-0.4, -0.2) is 24.6 Å². The van der Waals surface area contributed by atoms with E-state index in [2.05, 4.69) is 0 Å². The number of carbonyl (C=O) groups excluding carboxylic acids is 1. The number of hydrogen-bond acceptors (Lipinski definition) is 3. The van der Waals surface area contributed by atoms with Crippen molar-refractivity contribution in [1.29, 1.82) is 0 Å². The van der Waals surface area contributed by atoms with E-state index in [4.69, 9.17) is 9.47 Å². The lowest BCUT2D eigenvalue weighted by atomic mass is 9.89. The van der Waals surface area contributed by atoms with Crippen LogP contribution in [0.3, 0.4) is 0 Å². The maximum absolute atomic E-state index is 12.0. The number of ketones is 1. The van der Waals surface area contributed by atoms with E-state index < -0.39 is 5.60 Å². The zero-order chi connectivity index (χ0) is 11.2. The van der Waals surface area contributed by atoms with E-state index in [9.17, 15) is 4.79 Å². The van der Waals surface area contributed by atoms with Gasteiger partial charge in [0.25, 0.3) is 0 Å². The van der Waals surface area contributed by atoms with Crippen molar-refractivity contribution in [3.05, 3.63) is 29.3 Å². The lowest BCUT2D eigenvalue weighted by Crippen LogP contribution is -2.42. The van der Waals surface area contributed by atoms with Crippen molar-refractivity contribution < 1.29 is 14.3 Å². The van der Waals surface area contributed by atoms with Crippen LogP contribution in [0.5, 0.6) is 5.75 Å². The van der Waals surface area contributed by atoms with Gasteiger partial charge in [0.05, 0.1) is 25.2 Å². The first kappa shape index (κ1) is 9.85. The molecule has 0 aliphatic carbocycles. The second kappa shape index (κ2) is 3.32. The highest BCUT2D eigenvalue weighted by atomic mass is 16.6. The van der Waals surface area contributed by atoms with Crippen LogP contribution < -0.4 is 4.74 Å². The Morgan fingerprint density at radius 1 is 1.38 bits per heavy atom. The van der Waals surface area contributed by atoms with Gasteiger partial charge in [-0.1, -0.05) is 6.07 Å². The van der Waals surface area contributed by atoms with Crippen molar-refractivity contribution in [3.8, 4) is 5.75 Å². The van der Waals surface area contributed by atoms with Crippen LogP contribution >= 0.6 is 0 Å². The highest BCUT2D eigenvalue weighted by molar-refractivity contribution is 6.00. The van der Waals surface area contributed by atoms with Crippen LogP contribution in [0.2, 0.25) is 0 Å². The van der Waals surface area contributed by atoms with Crippen LogP contribution in [0.15, 0.2) is 18.2 Å². The molecule has 1 aromatic carbocycles. The molecule has 0 aromatic heterocycles. The maximum Gasteiger partial charge on any atom is 0.170 e. The summed E-state index contributed by atoms with van der Waals surface area (Å²) in [6.07, 6.45) is 1.26. The Morgan fingerprint density at radius 3 is 3.00 bits per heavy atom. The van der Waals surface area contributed by atoms with Crippen molar-refractivity contribution in [2.45, 2.75) is 25.4 Å². The van der Waals surface area contributed by atoms with Gasteiger partial charge in [0, 0.05) is 6.42 Å². The van der Waals surface area contributed by atoms with Gasteiger partial charge in [0.2, 0.25) is 0 Å². The average molecular weight is 218 g/mol. The molecular formula is C13H14O3. The third-order valence-corrected chi connectivity index (χ3v) is 3.31. The van der Waals surface area contributed by atoms with Gasteiger partial charge in [-0.15, -0.1) is 0 Å². The van der Waals surface area contributed by atoms with Crippen LogP contribution in [-0.2, 0) is 4.74 Å². The van der Waals surface area contributed by atoms with Gasteiger partial charge < -0.3 is 9.47 Å². The average Bonchev–Trinajstić information content (AvgIpc) is 2.65. The highest BCUT2D eigenvalue weighted by Crippen LogP contribution is 2.38. The van der Waals surface area contributed by atoms with E-state index >= 15 is 0 Å². The minimum Gasteiger partial charge on any atom is -0.484 e. The minimum atomic E-state index is -0.391. The van der Waals surface area contributed by atoms with Crippen LogP contribution in [0.25, 0.3) is 0 Å². The molecule has 1 atom stereocenters. The van der Waals surface area contributed by atoms with Gasteiger partial charge in [0.1, 0.15) is 11.4 Å². The highest BCUT2D eigenvalue weighted by Gasteiger charge is 2.43. The predicted molar refractivity (Wildman–Crippen MR) is 58.9 cm³/mol. The minimum absolute atomic E-state index is 0.173. The lowest BCUT2D eigenvalue weighted by Gasteiger charge is -2.33. The summed E-state index contributed by atoms with van der Waals surface area (Å²) >= 11 is 0. The number of ether oxygens (including phenoxy) is 2. The van der Waals surface area contributed by atoms with Gasteiger partial charge in [-0.2, -0.15) is 0 Å². The Hall–Kier alpha value is -1.35. The molecule has 0 amide bonds. The van der Waals surface area contributed by atoms with Gasteiger partial charge in [-0.25, -0.2) is 0 Å². The fourth-order valence-electron chi connectivity index (χ4n) is 2.41. The zero-order valence-electron chi connectivity index (χ0n) is 9.29. The van der Waals surface area contributed by atoms with Crippen LogP contribution in [0.4, 0.5) is 0 Å². The zero-order valence-corrected chi connectivity index (χ0v) is 9.29. The van der Waals surface area contributed by atoms with E-state index in [1.54, 1.807) is 0 Å². The van der Waals surface area contributed by atoms with Gasteiger partial charge >= 0.3 is 0 Å². The molecule has 3 heteroatoms. The molecule has 2 aliphatic rings. The molecule has 0 bridgehead atoms. The standard InChI is InChI=1S/C13H14O3/c1-9-2-3-10-11(14)7-13(4-5-15-8-13)16-12(10)6-9/h2-3,6H,4-5,7-8H2,1H3/t13-/m1/s1. The van der Waals surface area contributed by atoms with Gasteiger partial charge in [0.15, 0.2) is 5.78 Å². The molecule has 3 rings (SSSR count). The number of fused-ring (bicyclic) bond motifs is 1. The number of rotatable bonds is 0. The van der Waals surface area contributed by atoms with E-state index in [0.717, 1.165) is 17.7 Å². The third-order valence-electron chi connectivity index (χ3n) is 3.31. The second-order valence-electron chi connectivity index (χ2n) is 4.69. The summed E-state index contributed by atoms with van der Waals surface area (Å²) in [6.45, 7) is 3.22. The molecular weight excluding hydrogens is 204 g/mol. The summed E-state index contributed by atoms with van der Waals surface area (Å²) in [5.41, 5.74) is 1.43. The van der Waals surface area contributed by atoms with Crippen molar-refractivity contribution in [2.24, 2.45) is 0 Å². The summed E-state index contributed by atoms with van der Waals surface area (Å²) in [5.74, 6) is 0.897. The predicted octanol–water partition coefficient (Wildman–Crippen LogP) is 2.12. The molecule has 2 aliphatic heterocycles. The van der Waals surface area contributed by atoms with E-state index in [1.165, 1.54) is 0 Å². The number of carbonyl (C=O) groups is 1. The fraction of sp³-hybridized carbons (Fsp3) is 0.462. The fourth-order valence-corrected chi connectivity index (χ4v) is 2.41. The molecule has 1 saturated heterocycles. The Bertz CT molecular complexity index is 444. The van der Waals surface area contributed by atoms with Crippen LogP contribution in [0.1, 0.15) is 28.8 Å². The summed E-state index contributed by atoms with van der Waals surface area (Å²) < 4.78 is 11.3. The molecule has 0 N–H and O–H groups in total. The Labute approximate surface area is 94.4 Å². The Kier molecular flexibility index (Phi) is 2.04. The molecule has 1 fully saturated rings. The first-order valence-corrected chi connectivity index (χ1v) is 5.59. The number of benzene rings is 1. The first-order chi connectivity index (χ1) is 7.69. The normalized spacial score (nSPS) is 27.9. The number of hydrogen-bond donors (Lipinski definition) is 0. The van der Waals surface area contributed by atoms with E-state index in [-0.39, 0.29) is 5.78 Å². The second-order valence-corrected chi connectivity index (χ2v) is 4.69.